The number of nitrogens with one attached hydrogen (secondary N) is 2. The quantitative estimate of drug-likeness (QED) is 0.445. The minimum Gasteiger partial charge on any atom is -0.369 e. The first-order chi connectivity index (χ1) is 14.6. The van der Waals surface area contributed by atoms with Crippen LogP contribution in [0, 0.1) is 12.7 Å². The van der Waals surface area contributed by atoms with Gasteiger partial charge in [0.1, 0.15) is 22.8 Å². The van der Waals surface area contributed by atoms with Crippen molar-refractivity contribution in [2.45, 2.75) is 19.9 Å². The van der Waals surface area contributed by atoms with Crippen molar-refractivity contribution in [2.75, 3.05) is 11.9 Å². The third-order valence-electron chi connectivity index (χ3n) is 4.81. The second-order valence-corrected chi connectivity index (χ2v) is 8.05. The Bertz CT molecular complexity index is 1180. The maximum absolute atomic E-state index is 13.7. The number of amides is 1. The van der Waals surface area contributed by atoms with Crippen LogP contribution in [0.3, 0.4) is 0 Å². The summed E-state index contributed by atoms with van der Waals surface area (Å²) in [6.07, 6.45) is 1.79. The van der Waals surface area contributed by atoms with Crippen LogP contribution in [0.15, 0.2) is 60.9 Å². The lowest BCUT2D eigenvalue weighted by Crippen LogP contribution is -2.25. The van der Waals surface area contributed by atoms with Crippen molar-refractivity contribution in [1.29, 1.82) is 0 Å². The van der Waals surface area contributed by atoms with Crippen molar-refractivity contribution in [3.8, 4) is 11.1 Å². The second-order valence-electron chi connectivity index (χ2n) is 6.85. The van der Waals surface area contributed by atoms with Crippen LogP contribution in [-0.2, 0) is 11.3 Å². The van der Waals surface area contributed by atoms with E-state index < -0.39 is 0 Å². The first kappa shape index (κ1) is 20.0. The van der Waals surface area contributed by atoms with Gasteiger partial charge >= 0.3 is 0 Å². The number of thiophene rings is 1. The minimum absolute atomic E-state index is 0.152. The highest BCUT2D eigenvalue weighted by Crippen LogP contribution is 2.40. The summed E-state index contributed by atoms with van der Waals surface area (Å²) in [7, 11) is 0. The molecule has 5 nitrogen and oxygen atoms in total. The zero-order valence-electron chi connectivity index (χ0n) is 16.5. The molecule has 0 aliphatic heterocycles. The van der Waals surface area contributed by atoms with Crippen LogP contribution in [0.4, 0.5) is 10.2 Å². The maximum atomic E-state index is 13.7. The van der Waals surface area contributed by atoms with Crippen molar-refractivity contribution in [3.63, 3.8) is 0 Å². The highest BCUT2D eigenvalue weighted by atomic mass is 32.1. The van der Waals surface area contributed by atoms with Crippen LogP contribution in [0.5, 0.6) is 0 Å². The number of carbonyl (C=O) groups is 1. The Labute approximate surface area is 178 Å². The minimum atomic E-state index is -0.319. The molecule has 0 radical (unpaired) electrons. The molecule has 4 rings (SSSR count). The summed E-state index contributed by atoms with van der Waals surface area (Å²) in [5.74, 6) is 0.242. The number of aromatic nitrogens is 2. The van der Waals surface area contributed by atoms with E-state index in [0.717, 1.165) is 21.3 Å². The van der Waals surface area contributed by atoms with E-state index in [9.17, 15) is 9.18 Å². The van der Waals surface area contributed by atoms with E-state index in [1.807, 2.05) is 18.2 Å². The zero-order chi connectivity index (χ0) is 20.9. The van der Waals surface area contributed by atoms with E-state index in [-0.39, 0.29) is 24.7 Å². The molecule has 0 saturated carbocycles. The number of benzene rings is 2. The van der Waals surface area contributed by atoms with Gasteiger partial charge in [0.2, 0.25) is 5.91 Å². The molecule has 0 bridgehead atoms. The van der Waals surface area contributed by atoms with Gasteiger partial charge in [-0.1, -0.05) is 48.5 Å². The molecule has 1 amide bonds. The topological polar surface area (TPSA) is 66.9 Å². The Morgan fingerprint density at radius 3 is 2.63 bits per heavy atom. The number of nitrogens with zero attached hydrogens (tertiary/aromatic N) is 2. The van der Waals surface area contributed by atoms with Gasteiger partial charge < -0.3 is 10.6 Å². The molecule has 2 heterocycles. The van der Waals surface area contributed by atoms with Crippen LogP contribution in [0.2, 0.25) is 0 Å². The van der Waals surface area contributed by atoms with E-state index in [1.165, 1.54) is 17.3 Å². The average molecular weight is 421 g/mol. The fraction of sp³-hybridized carbons (Fsp3) is 0.174. The van der Waals surface area contributed by atoms with Crippen molar-refractivity contribution in [2.24, 2.45) is 0 Å². The standard InChI is InChI=1S/C23H21FN4OS/c1-15-20(16-7-3-2-4-8-16)21-22(27-14-28-23(21)30-15)25-12-11-19(29)26-13-17-9-5-6-10-18(17)24/h2-10,14H,11-13H2,1H3,(H,26,29)(H,25,27,28). The van der Waals surface area contributed by atoms with E-state index in [0.29, 0.717) is 17.9 Å². The number of rotatable bonds is 7. The summed E-state index contributed by atoms with van der Waals surface area (Å²) in [4.78, 5) is 23.1. The molecule has 0 aliphatic carbocycles. The Morgan fingerprint density at radius 1 is 1.07 bits per heavy atom. The number of fused-ring (bicyclic) bond motifs is 1. The normalized spacial score (nSPS) is 10.9. The van der Waals surface area contributed by atoms with E-state index in [2.05, 4.69) is 39.7 Å². The summed E-state index contributed by atoms with van der Waals surface area (Å²) >= 11 is 1.63. The van der Waals surface area contributed by atoms with Gasteiger partial charge in [0.15, 0.2) is 0 Å². The predicted molar refractivity (Wildman–Crippen MR) is 119 cm³/mol. The van der Waals surface area contributed by atoms with Crippen LogP contribution < -0.4 is 10.6 Å². The van der Waals surface area contributed by atoms with E-state index in [1.54, 1.807) is 29.5 Å². The summed E-state index contributed by atoms with van der Waals surface area (Å²) in [5.41, 5.74) is 2.70. The van der Waals surface area contributed by atoms with Gasteiger partial charge in [-0.05, 0) is 18.6 Å². The summed E-state index contributed by atoms with van der Waals surface area (Å²) in [5, 5.41) is 7.00. The van der Waals surface area contributed by atoms with Crippen LogP contribution in [0.1, 0.15) is 16.9 Å². The number of hydrogen-bond donors (Lipinski definition) is 2. The Kier molecular flexibility index (Phi) is 5.99. The highest BCUT2D eigenvalue weighted by molar-refractivity contribution is 7.19. The zero-order valence-corrected chi connectivity index (χ0v) is 17.3. The van der Waals surface area contributed by atoms with Gasteiger partial charge in [-0.15, -0.1) is 11.3 Å². The van der Waals surface area contributed by atoms with Gasteiger partial charge in [-0.25, -0.2) is 14.4 Å². The molecule has 30 heavy (non-hydrogen) atoms. The lowest BCUT2D eigenvalue weighted by Gasteiger charge is -2.10. The molecular formula is C23H21FN4OS. The van der Waals surface area contributed by atoms with Crippen molar-refractivity contribution in [3.05, 3.63) is 77.2 Å². The smallest absolute Gasteiger partial charge is 0.222 e. The molecule has 7 heteroatoms. The Morgan fingerprint density at radius 2 is 1.83 bits per heavy atom. The molecule has 0 saturated heterocycles. The number of aryl methyl sites for hydroxylation is 1. The third kappa shape index (κ3) is 4.31. The molecular weight excluding hydrogens is 399 g/mol. The van der Waals surface area contributed by atoms with Gasteiger partial charge in [0.05, 0.1) is 5.39 Å². The monoisotopic (exact) mass is 420 g/mol. The first-order valence-electron chi connectivity index (χ1n) is 9.67. The molecule has 152 valence electrons. The fourth-order valence-electron chi connectivity index (χ4n) is 3.35. The molecule has 0 aliphatic rings. The van der Waals surface area contributed by atoms with Crippen molar-refractivity contribution < 1.29 is 9.18 Å². The Hall–Kier alpha value is -3.32. The fourth-order valence-corrected chi connectivity index (χ4v) is 4.36. The molecule has 0 fully saturated rings. The maximum Gasteiger partial charge on any atom is 0.222 e. The molecule has 0 atom stereocenters. The largest absolute Gasteiger partial charge is 0.369 e. The van der Waals surface area contributed by atoms with E-state index in [4.69, 9.17) is 0 Å². The van der Waals surface area contributed by atoms with Crippen molar-refractivity contribution >= 4 is 33.3 Å². The second kappa shape index (κ2) is 9.00. The van der Waals surface area contributed by atoms with Gasteiger partial charge in [0.25, 0.3) is 0 Å². The molecule has 2 aromatic heterocycles. The molecule has 2 aromatic carbocycles. The lowest BCUT2D eigenvalue weighted by atomic mass is 10.0. The van der Waals surface area contributed by atoms with E-state index >= 15 is 0 Å². The lowest BCUT2D eigenvalue weighted by molar-refractivity contribution is -0.121. The van der Waals surface area contributed by atoms with Gasteiger partial charge in [0, 0.05) is 35.5 Å². The molecule has 4 aromatic rings. The van der Waals surface area contributed by atoms with Gasteiger partial charge in [-0.2, -0.15) is 0 Å². The predicted octanol–water partition coefficient (Wildman–Crippen LogP) is 4.92. The average Bonchev–Trinajstić information content (AvgIpc) is 3.10. The summed E-state index contributed by atoms with van der Waals surface area (Å²) < 4.78 is 13.7. The molecule has 0 unspecified atom stereocenters. The number of halogens is 1. The van der Waals surface area contributed by atoms with Crippen LogP contribution >= 0.6 is 11.3 Å². The van der Waals surface area contributed by atoms with Crippen LogP contribution in [-0.4, -0.2) is 22.4 Å². The summed E-state index contributed by atoms with van der Waals surface area (Å²) in [6.45, 7) is 2.66. The molecule has 2 N–H and O–H groups in total. The van der Waals surface area contributed by atoms with Crippen molar-refractivity contribution in [1.82, 2.24) is 15.3 Å². The van der Waals surface area contributed by atoms with Crippen LogP contribution in [0.25, 0.3) is 21.3 Å². The number of anilines is 1. The summed E-state index contributed by atoms with van der Waals surface area (Å²) in [6, 6.07) is 16.6. The third-order valence-corrected chi connectivity index (χ3v) is 5.82. The molecule has 0 spiro atoms. The SMILES string of the molecule is Cc1sc2ncnc(NCCC(=O)NCc3ccccc3F)c2c1-c1ccccc1. The Balaban J connectivity index is 1.44. The first-order valence-corrected chi connectivity index (χ1v) is 10.5. The number of carbonyl (C=O) groups excluding carboxylic acids is 1. The van der Waals surface area contributed by atoms with Gasteiger partial charge in [-0.3, -0.25) is 4.79 Å². The highest BCUT2D eigenvalue weighted by Gasteiger charge is 2.16. The number of hydrogen-bond acceptors (Lipinski definition) is 5.